The van der Waals surface area contributed by atoms with Crippen molar-refractivity contribution in [1.29, 1.82) is 0 Å². The standard InChI is InChI=1S/C16H21N3O/c1-12-8-9-13(16-19-17-11-20-16)10-15(12)18-14-6-4-2-3-5-7-14/h8-11,14,18H,2-7H2,1H3. The van der Waals surface area contributed by atoms with E-state index in [1.165, 1.54) is 56.2 Å². The molecule has 1 fully saturated rings. The van der Waals surface area contributed by atoms with E-state index in [9.17, 15) is 0 Å². The number of anilines is 1. The van der Waals surface area contributed by atoms with Gasteiger partial charge in [0, 0.05) is 17.3 Å². The lowest BCUT2D eigenvalue weighted by atomic mass is 10.1. The van der Waals surface area contributed by atoms with Crippen LogP contribution in [0, 0.1) is 6.92 Å². The van der Waals surface area contributed by atoms with E-state index in [1.807, 2.05) is 6.07 Å². The lowest BCUT2D eigenvalue weighted by molar-refractivity contribution is 0.568. The van der Waals surface area contributed by atoms with E-state index < -0.39 is 0 Å². The van der Waals surface area contributed by atoms with Gasteiger partial charge in [-0.15, -0.1) is 10.2 Å². The molecule has 1 heterocycles. The van der Waals surface area contributed by atoms with Gasteiger partial charge < -0.3 is 9.73 Å². The second kappa shape index (κ2) is 6.07. The van der Waals surface area contributed by atoms with E-state index in [-0.39, 0.29) is 0 Å². The smallest absolute Gasteiger partial charge is 0.247 e. The molecule has 2 aromatic rings. The predicted octanol–water partition coefficient (Wildman–Crippen LogP) is 4.18. The Morgan fingerprint density at radius 3 is 2.65 bits per heavy atom. The third-order valence-corrected chi connectivity index (χ3v) is 4.06. The van der Waals surface area contributed by atoms with E-state index in [0.29, 0.717) is 11.9 Å². The van der Waals surface area contributed by atoms with Gasteiger partial charge in [0.2, 0.25) is 12.3 Å². The number of nitrogens with one attached hydrogen (secondary N) is 1. The van der Waals surface area contributed by atoms with Crippen LogP contribution in [0.1, 0.15) is 44.1 Å². The Morgan fingerprint density at radius 2 is 1.95 bits per heavy atom. The molecular formula is C16H21N3O. The Morgan fingerprint density at radius 1 is 1.15 bits per heavy atom. The van der Waals surface area contributed by atoms with Crippen LogP contribution in [0.3, 0.4) is 0 Å². The average Bonchev–Trinajstić information content (AvgIpc) is 2.87. The van der Waals surface area contributed by atoms with Crippen molar-refractivity contribution in [3.05, 3.63) is 30.2 Å². The van der Waals surface area contributed by atoms with Gasteiger partial charge in [-0.2, -0.15) is 0 Å². The van der Waals surface area contributed by atoms with Crippen molar-refractivity contribution in [3.8, 4) is 11.5 Å². The number of hydrogen-bond acceptors (Lipinski definition) is 4. The van der Waals surface area contributed by atoms with Crippen LogP contribution in [0.2, 0.25) is 0 Å². The van der Waals surface area contributed by atoms with Crippen molar-refractivity contribution >= 4 is 5.69 Å². The monoisotopic (exact) mass is 271 g/mol. The Kier molecular flexibility index (Phi) is 4.00. The molecule has 0 radical (unpaired) electrons. The highest BCUT2D eigenvalue weighted by Gasteiger charge is 2.14. The Hall–Kier alpha value is -1.84. The molecule has 3 rings (SSSR count). The van der Waals surface area contributed by atoms with Crippen molar-refractivity contribution in [2.75, 3.05) is 5.32 Å². The summed E-state index contributed by atoms with van der Waals surface area (Å²) in [7, 11) is 0. The minimum absolute atomic E-state index is 0.578. The SMILES string of the molecule is Cc1ccc(-c2nnco2)cc1NC1CCCCCC1. The van der Waals surface area contributed by atoms with Gasteiger partial charge in [-0.25, -0.2) is 0 Å². The maximum absolute atomic E-state index is 5.27. The quantitative estimate of drug-likeness (QED) is 0.851. The van der Waals surface area contributed by atoms with Crippen LogP contribution in [0.15, 0.2) is 29.0 Å². The van der Waals surface area contributed by atoms with Crippen LogP contribution in [0.4, 0.5) is 5.69 Å². The topological polar surface area (TPSA) is 51.0 Å². The van der Waals surface area contributed by atoms with Gasteiger partial charge in [-0.05, 0) is 37.5 Å². The molecule has 1 saturated carbocycles. The highest BCUT2D eigenvalue weighted by atomic mass is 16.4. The fraction of sp³-hybridized carbons (Fsp3) is 0.500. The molecule has 0 amide bonds. The number of rotatable bonds is 3. The molecule has 4 nitrogen and oxygen atoms in total. The molecule has 1 N–H and O–H groups in total. The van der Waals surface area contributed by atoms with Gasteiger partial charge in [-0.1, -0.05) is 31.7 Å². The number of aromatic nitrogens is 2. The van der Waals surface area contributed by atoms with E-state index in [1.54, 1.807) is 0 Å². The Labute approximate surface area is 119 Å². The summed E-state index contributed by atoms with van der Waals surface area (Å²) in [6.45, 7) is 2.14. The normalized spacial score (nSPS) is 16.9. The first-order valence-corrected chi connectivity index (χ1v) is 7.46. The molecule has 0 bridgehead atoms. The zero-order valence-electron chi connectivity index (χ0n) is 11.9. The van der Waals surface area contributed by atoms with Crippen molar-refractivity contribution < 1.29 is 4.42 Å². The summed E-state index contributed by atoms with van der Waals surface area (Å²) >= 11 is 0. The Balaban J connectivity index is 1.79. The van der Waals surface area contributed by atoms with Gasteiger partial charge in [0.15, 0.2) is 0 Å². The number of benzene rings is 1. The largest absolute Gasteiger partial charge is 0.423 e. The summed E-state index contributed by atoms with van der Waals surface area (Å²) in [6.07, 6.45) is 9.32. The lowest BCUT2D eigenvalue weighted by Crippen LogP contribution is -2.18. The molecule has 1 aliphatic rings. The molecule has 0 atom stereocenters. The van der Waals surface area contributed by atoms with Gasteiger partial charge >= 0.3 is 0 Å². The highest BCUT2D eigenvalue weighted by molar-refractivity contribution is 5.64. The maximum Gasteiger partial charge on any atom is 0.247 e. The first kappa shape index (κ1) is 13.2. The van der Waals surface area contributed by atoms with Crippen LogP contribution < -0.4 is 5.32 Å². The van der Waals surface area contributed by atoms with E-state index in [4.69, 9.17) is 4.42 Å². The third-order valence-electron chi connectivity index (χ3n) is 4.06. The van der Waals surface area contributed by atoms with Gasteiger partial charge in [0.05, 0.1) is 0 Å². The number of hydrogen-bond donors (Lipinski definition) is 1. The van der Waals surface area contributed by atoms with E-state index in [0.717, 1.165) is 5.56 Å². The first-order valence-electron chi connectivity index (χ1n) is 7.46. The average molecular weight is 271 g/mol. The molecular weight excluding hydrogens is 250 g/mol. The summed E-state index contributed by atoms with van der Waals surface area (Å²) < 4.78 is 5.27. The zero-order valence-corrected chi connectivity index (χ0v) is 11.9. The van der Waals surface area contributed by atoms with Crippen molar-refractivity contribution in [2.24, 2.45) is 0 Å². The fourth-order valence-corrected chi connectivity index (χ4v) is 2.85. The van der Waals surface area contributed by atoms with Crippen molar-refractivity contribution in [1.82, 2.24) is 10.2 Å². The van der Waals surface area contributed by atoms with Crippen molar-refractivity contribution in [2.45, 2.75) is 51.5 Å². The van der Waals surface area contributed by atoms with E-state index >= 15 is 0 Å². The molecule has 0 spiro atoms. The predicted molar refractivity (Wildman–Crippen MR) is 79.6 cm³/mol. The van der Waals surface area contributed by atoms with Crippen LogP contribution in [-0.4, -0.2) is 16.2 Å². The van der Waals surface area contributed by atoms with Gasteiger partial charge in [-0.3, -0.25) is 0 Å². The summed E-state index contributed by atoms with van der Waals surface area (Å²) in [5, 5.41) is 11.4. The molecule has 1 aliphatic carbocycles. The highest BCUT2D eigenvalue weighted by Crippen LogP contribution is 2.27. The van der Waals surface area contributed by atoms with Gasteiger partial charge in [0.1, 0.15) is 0 Å². The maximum atomic E-state index is 5.27. The number of aryl methyl sites for hydroxylation is 1. The van der Waals surface area contributed by atoms with E-state index in [2.05, 4.69) is 34.6 Å². The summed E-state index contributed by atoms with van der Waals surface area (Å²) in [6, 6.07) is 6.85. The molecule has 0 aliphatic heterocycles. The Bertz CT molecular complexity index is 543. The molecule has 1 aromatic carbocycles. The second-order valence-electron chi connectivity index (χ2n) is 5.61. The summed E-state index contributed by atoms with van der Waals surface area (Å²) in [4.78, 5) is 0. The molecule has 4 heteroatoms. The molecule has 106 valence electrons. The van der Waals surface area contributed by atoms with Crippen LogP contribution in [0.5, 0.6) is 0 Å². The minimum atomic E-state index is 0.578. The first-order chi connectivity index (χ1) is 9.83. The second-order valence-corrected chi connectivity index (χ2v) is 5.61. The van der Waals surface area contributed by atoms with Crippen molar-refractivity contribution in [3.63, 3.8) is 0 Å². The minimum Gasteiger partial charge on any atom is -0.423 e. The summed E-state index contributed by atoms with van der Waals surface area (Å²) in [5.74, 6) is 0.578. The van der Waals surface area contributed by atoms with Crippen LogP contribution >= 0.6 is 0 Å². The zero-order chi connectivity index (χ0) is 13.8. The van der Waals surface area contributed by atoms with Gasteiger partial charge in [0.25, 0.3) is 0 Å². The lowest BCUT2D eigenvalue weighted by Gasteiger charge is -2.19. The number of nitrogens with zero attached hydrogens (tertiary/aromatic N) is 2. The van der Waals surface area contributed by atoms with Crippen LogP contribution in [0.25, 0.3) is 11.5 Å². The molecule has 20 heavy (non-hydrogen) atoms. The molecule has 0 saturated heterocycles. The molecule has 0 unspecified atom stereocenters. The third kappa shape index (κ3) is 3.00. The van der Waals surface area contributed by atoms with Crippen LogP contribution in [-0.2, 0) is 0 Å². The molecule has 1 aromatic heterocycles. The fourth-order valence-electron chi connectivity index (χ4n) is 2.85. The summed E-state index contributed by atoms with van der Waals surface area (Å²) in [5.41, 5.74) is 3.43.